The number of ether oxygens (including phenoxy) is 1. The minimum Gasteiger partial charge on any atom is -0.462 e. The van der Waals surface area contributed by atoms with Gasteiger partial charge in [0.25, 0.3) is 0 Å². The first-order valence-corrected chi connectivity index (χ1v) is 9.13. The lowest BCUT2D eigenvalue weighted by Crippen LogP contribution is -2.31. The summed E-state index contributed by atoms with van der Waals surface area (Å²) in [6.45, 7) is 1.75. The maximum atomic E-state index is 12.3. The summed E-state index contributed by atoms with van der Waals surface area (Å²) in [5, 5.41) is 18.2. The number of primary sulfonamides is 1. The second-order valence-corrected chi connectivity index (χ2v) is 7.11. The largest absolute Gasteiger partial charge is 0.462 e. The Labute approximate surface area is 139 Å². The van der Waals surface area contributed by atoms with E-state index in [2.05, 4.69) is 5.10 Å². The van der Waals surface area contributed by atoms with Crippen LogP contribution >= 0.6 is 0 Å². The van der Waals surface area contributed by atoms with Crippen molar-refractivity contribution in [1.82, 2.24) is 9.78 Å². The predicted molar refractivity (Wildman–Crippen MR) is 83.7 cm³/mol. The van der Waals surface area contributed by atoms with Gasteiger partial charge in [-0.15, -0.1) is 0 Å². The third-order valence-corrected chi connectivity index (χ3v) is 4.48. The second kappa shape index (κ2) is 7.28. The van der Waals surface area contributed by atoms with E-state index in [1.54, 1.807) is 6.92 Å². The van der Waals surface area contributed by atoms with Crippen molar-refractivity contribution in [2.24, 2.45) is 11.1 Å². The first-order valence-electron chi connectivity index (χ1n) is 7.41. The van der Waals surface area contributed by atoms with Gasteiger partial charge in [-0.2, -0.15) is 5.10 Å². The zero-order chi connectivity index (χ0) is 17.9. The van der Waals surface area contributed by atoms with Crippen molar-refractivity contribution in [2.45, 2.75) is 19.9 Å². The number of sulfonamides is 1. The number of hydrogen-bond donors (Lipinski definition) is 2. The molecule has 1 unspecified atom stereocenters. The quantitative estimate of drug-likeness (QED) is 0.574. The van der Waals surface area contributed by atoms with Crippen LogP contribution in [0.3, 0.4) is 0 Å². The number of amides is 1. The number of hydrogen-bond acceptors (Lipinski definition) is 7. The van der Waals surface area contributed by atoms with Gasteiger partial charge in [-0.25, -0.2) is 23.0 Å². The molecule has 11 heteroatoms. The van der Waals surface area contributed by atoms with Gasteiger partial charge in [0.1, 0.15) is 11.4 Å². The molecule has 1 fully saturated rings. The molecule has 0 aliphatic carbocycles. The summed E-state index contributed by atoms with van der Waals surface area (Å²) in [6, 6.07) is 0. The number of aromatic nitrogens is 2. The Bertz CT molecular complexity index is 729. The Morgan fingerprint density at radius 3 is 2.83 bits per heavy atom. The van der Waals surface area contributed by atoms with Crippen LogP contribution in [0.1, 0.15) is 23.7 Å². The summed E-state index contributed by atoms with van der Waals surface area (Å²) in [5.41, 5.74) is 0.0925. The van der Waals surface area contributed by atoms with Gasteiger partial charge < -0.3 is 9.84 Å². The standard InChI is InChI=1S/C13H20N4O6S/c1-2-23-13(20)10-6-15-17(3-4-18)12(10)16-7-9(5-11(16)19)8-24(14,21)22/h6,9,18H,2-5,7-8H2,1H3,(H2,14,21,22). The number of carbonyl (C=O) groups is 2. The van der Waals surface area contributed by atoms with E-state index in [1.165, 1.54) is 15.8 Å². The summed E-state index contributed by atoms with van der Waals surface area (Å²) in [4.78, 5) is 25.7. The van der Waals surface area contributed by atoms with Gasteiger partial charge in [-0.3, -0.25) is 9.69 Å². The minimum atomic E-state index is -3.71. The van der Waals surface area contributed by atoms with Crippen LogP contribution < -0.4 is 10.0 Å². The van der Waals surface area contributed by atoms with Crippen molar-refractivity contribution in [3.05, 3.63) is 11.8 Å². The fourth-order valence-electron chi connectivity index (χ4n) is 2.70. The molecular formula is C13H20N4O6S. The van der Waals surface area contributed by atoms with Gasteiger partial charge in [0, 0.05) is 18.9 Å². The van der Waals surface area contributed by atoms with Gasteiger partial charge >= 0.3 is 5.97 Å². The van der Waals surface area contributed by atoms with E-state index in [4.69, 9.17) is 15.0 Å². The van der Waals surface area contributed by atoms with Crippen LogP contribution in [0.25, 0.3) is 0 Å². The number of aliphatic hydroxyl groups is 1. The number of nitrogens with two attached hydrogens (primary N) is 1. The molecule has 0 spiro atoms. The third kappa shape index (κ3) is 4.10. The van der Waals surface area contributed by atoms with Crippen molar-refractivity contribution in [1.29, 1.82) is 0 Å². The third-order valence-electron chi connectivity index (χ3n) is 3.55. The normalized spacial score (nSPS) is 18.2. The summed E-state index contributed by atoms with van der Waals surface area (Å²) < 4.78 is 28.8. The maximum absolute atomic E-state index is 12.3. The van der Waals surface area contributed by atoms with E-state index in [1.807, 2.05) is 0 Å². The summed E-state index contributed by atoms with van der Waals surface area (Å²) >= 11 is 0. The first-order chi connectivity index (χ1) is 11.3. The van der Waals surface area contributed by atoms with Gasteiger partial charge in [0.05, 0.1) is 31.7 Å². The van der Waals surface area contributed by atoms with Crippen LogP contribution in [0.2, 0.25) is 0 Å². The smallest absolute Gasteiger partial charge is 0.343 e. The van der Waals surface area contributed by atoms with E-state index in [0.717, 1.165) is 0 Å². The monoisotopic (exact) mass is 360 g/mol. The molecule has 134 valence electrons. The lowest BCUT2D eigenvalue weighted by molar-refractivity contribution is -0.117. The van der Waals surface area contributed by atoms with Crippen molar-refractivity contribution in [2.75, 3.05) is 30.4 Å². The Kier molecular flexibility index (Phi) is 5.57. The Morgan fingerprint density at radius 2 is 2.25 bits per heavy atom. The number of anilines is 1. The molecule has 2 rings (SSSR count). The molecule has 0 radical (unpaired) electrons. The number of rotatable bonds is 7. The van der Waals surface area contributed by atoms with E-state index >= 15 is 0 Å². The van der Waals surface area contributed by atoms with Crippen LogP contribution in [0, 0.1) is 5.92 Å². The van der Waals surface area contributed by atoms with Crippen LogP contribution in [0.15, 0.2) is 6.20 Å². The SMILES string of the molecule is CCOC(=O)c1cnn(CCO)c1N1CC(CS(N)(=O)=O)CC1=O. The number of carbonyl (C=O) groups excluding carboxylic acids is 2. The summed E-state index contributed by atoms with van der Waals surface area (Å²) in [7, 11) is -3.71. The van der Waals surface area contributed by atoms with Crippen molar-refractivity contribution >= 4 is 27.7 Å². The van der Waals surface area contributed by atoms with Crippen LogP contribution in [0.4, 0.5) is 5.82 Å². The number of esters is 1. The zero-order valence-corrected chi connectivity index (χ0v) is 14.0. The van der Waals surface area contributed by atoms with Crippen molar-refractivity contribution in [3.8, 4) is 0 Å². The van der Waals surface area contributed by atoms with Gasteiger partial charge in [-0.05, 0) is 6.92 Å². The molecule has 0 saturated carbocycles. The molecule has 2 heterocycles. The molecule has 1 saturated heterocycles. The van der Waals surface area contributed by atoms with E-state index < -0.39 is 21.9 Å². The molecule has 0 aromatic carbocycles. The number of aliphatic hydroxyl groups excluding tert-OH is 1. The Hall–Kier alpha value is -1.98. The van der Waals surface area contributed by atoms with E-state index in [-0.39, 0.29) is 55.8 Å². The first kappa shape index (κ1) is 18.4. The predicted octanol–water partition coefficient (Wildman–Crippen LogP) is -1.31. The van der Waals surface area contributed by atoms with Crippen LogP contribution in [-0.2, 0) is 26.1 Å². The highest BCUT2D eigenvalue weighted by Crippen LogP contribution is 2.29. The average Bonchev–Trinajstić information content (AvgIpc) is 3.01. The highest BCUT2D eigenvalue weighted by Gasteiger charge is 2.37. The summed E-state index contributed by atoms with van der Waals surface area (Å²) in [6.07, 6.45) is 1.27. The highest BCUT2D eigenvalue weighted by atomic mass is 32.2. The molecular weight excluding hydrogens is 340 g/mol. The molecule has 3 N–H and O–H groups in total. The molecule has 0 bridgehead atoms. The van der Waals surface area contributed by atoms with Gasteiger partial charge in [-0.1, -0.05) is 0 Å². The lowest BCUT2D eigenvalue weighted by atomic mass is 10.1. The Balaban J connectivity index is 2.34. The number of nitrogens with zero attached hydrogens (tertiary/aromatic N) is 3. The zero-order valence-electron chi connectivity index (χ0n) is 13.2. The molecule has 1 aromatic heterocycles. The maximum Gasteiger partial charge on any atom is 0.343 e. The van der Waals surface area contributed by atoms with Gasteiger partial charge in [0.2, 0.25) is 15.9 Å². The Morgan fingerprint density at radius 1 is 1.54 bits per heavy atom. The molecule has 1 amide bonds. The molecule has 10 nitrogen and oxygen atoms in total. The molecule has 24 heavy (non-hydrogen) atoms. The van der Waals surface area contributed by atoms with E-state index in [9.17, 15) is 18.0 Å². The molecule has 1 aromatic rings. The molecule has 1 atom stereocenters. The van der Waals surface area contributed by atoms with Crippen LogP contribution in [-0.4, -0.2) is 60.7 Å². The van der Waals surface area contributed by atoms with Crippen molar-refractivity contribution in [3.63, 3.8) is 0 Å². The van der Waals surface area contributed by atoms with E-state index in [0.29, 0.717) is 0 Å². The second-order valence-electron chi connectivity index (χ2n) is 5.45. The van der Waals surface area contributed by atoms with Gasteiger partial charge in [0.15, 0.2) is 0 Å². The van der Waals surface area contributed by atoms with Crippen molar-refractivity contribution < 1.29 is 27.9 Å². The summed E-state index contributed by atoms with van der Waals surface area (Å²) in [5.74, 6) is -1.57. The topological polar surface area (TPSA) is 145 Å². The fourth-order valence-corrected chi connectivity index (χ4v) is 3.58. The molecule has 1 aliphatic heterocycles. The van der Waals surface area contributed by atoms with Crippen LogP contribution in [0.5, 0.6) is 0 Å². The highest BCUT2D eigenvalue weighted by molar-refractivity contribution is 7.89. The average molecular weight is 360 g/mol. The molecule has 1 aliphatic rings. The lowest BCUT2D eigenvalue weighted by Gasteiger charge is -2.19. The fraction of sp³-hybridized carbons (Fsp3) is 0.615. The minimum absolute atomic E-state index is 0.00298.